The molecule has 0 aliphatic rings. The zero-order valence-electron chi connectivity index (χ0n) is 9.78. The first-order chi connectivity index (χ1) is 9.04. The summed E-state index contributed by atoms with van der Waals surface area (Å²) in [5.41, 5.74) is 1.38. The third-order valence-corrected chi connectivity index (χ3v) is 3.59. The number of methoxy groups -OCH3 is 1. The zero-order valence-corrected chi connectivity index (χ0v) is 12.1. The van der Waals surface area contributed by atoms with Crippen molar-refractivity contribution in [3.8, 4) is 11.3 Å². The summed E-state index contributed by atoms with van der Waals surface area (Å²) in [7, 11) is 1.28. The molecule has 0 saturated carbocycles. The number of carbonyl (C=O) groups is 1. The van der Waals surface area contributed by atoms with E-state index in [1.165, 1.54) is 13.2 Å². The molecular formula is C13H8Cl3NO2. The molecule has 0 saturated heterocycles. The quantitative estimate of drug-likeness (QED) is 0.605. The Hall–Kier alpha value is -1.29. The Bertz CT molecular complexity index is 644. The molecule has 2 rings (SSSR count). The van der Waals surface area contributed by atoms with Gasteiger partial charge >= 0.3 is 5.97 Å². The number of ether oxygens (including phenoxy) is 1. The number of nitrogens with zero attached hydrogens (tertiary/aromatic N) is 1. The second-order valence-electron chi connectivity index (χ2n) is 3.63. The molecule has 19 heavy (non-hydrogen) atoms. The lowest BCUT2D eigenvalue weighted by molar-refractivity contribution is 0.0600. The zero-order chi connectivity index (χ0) is 14.0. The highest BCUT2D eigenvalue weighted by Gasteiger charge is 2.14. The lowest BCUT2D eigenvalue weighted by Crippen LogP contribution is -2.03. The number of hydrogen-bond donors (Lipinski definition) is 0. The van der Waals surface area contributed by atoms with Gasteiger partial charge in [-0.05, 0) is 18.2 Å². The van der Waals surface area contributed by atoms with Crippen molar-refractivity contribution in [3.05, 3.63) is 51.1 Å². The topological polar surface area (TPSA) is 39.2 Å². The van der Waals surface area contributed by atoms with Gasteiger partial charge < -0.3 is 4.74 Å². The fourth-order valence-corrected chi connectivity index (χ4v) is 2.18. The largest absolute Gasteiger partial charge is 0.465 e. The van der Waals surface area contributed by atoms with E-state index >= 15 is 0 Å². The Morgan fingerprint density at radius 1 is 1.16 bits per heavy atom. The van der Waals surface area contributed by atoms with E-state index in [1.807, 2.05) is 0 Å². The molecule has 0 spiro atoms. The van der Waals surface area contributed by atoms with Crippen LogP contribution < -0.4 is 0 Å². The van der Waals surface area contributed by atoms with Crippen LogP contribution >= 0.6 is 34.8 Å². The molecule has 0 aliphatic carbocycles. The molecule has 0 fully saturated rings. The number of hydrogen-bond acceptors (Lipinski definition) is 3. The van der Waals surface area contributed by atoms with Crippen LogP contribution in [0.15, 0.2) is 30.3 Å². The van der Waals surface area contributed by atoms with Crippen molar-refractivity contribution in [3.63, 3.8) is 0 Å². The second-order valence-corrected chi connectivity index (χ2v) is 4.77. The normalized spacial score (nSPS) is 10.3. The summed E-state index contributed by atoms with van der Waals surface area (Å²) < 4.78 is 4.59. The Morgan fingerprint density at radius 3 is 2.53 bits per heavy atom. The molecular weight excluding hydrogens is 309 g/mol. The molecule has 6 heteroatoms. The third kappa shape index (κ3) is 2.84. The molecule has 0 amide bonds. The van der Waals surface area contributed by atoms with Crippen molar-refractivity contribution in [2.45, 2.75) is 0 Å². The number of pyridine rings is 1. The highest BCUT2D eigenvalue weighted by atomic mass is 35.5. The molecule has 98 valence electrons. The first kappa shape index (κ1) is 14.1. The lowest BCUT2D eigenvalue weighted by Gasteiger charge is -2.07. The molecule has 3 nitrogen and oxygen atoms in total. The molecule has 0 bridgehead atoms. The van der Waals surface area contributed by atoms with Gasteiger partial charge in [-0.15, -0.1) is 0 Å². The average molecular weight is 317 g/mol. The predicted octanol–water partition coefficient (Wildman–Crippen LogP) is 4.50. The Balaban J connectivity index is 2.51. The van der Waals surface area contributed by atoms with Crippen molar-refractivity contribution in [2.24, 2.45) is 0 Å². The smallest absolute Gasteiger partial charge is 0.341 e. The molecule has 0 unspecified atom stereocenters. The summed E-state index contributed by atoms with van der Waals surface area (Å²) in [6.45, 7) is 0. The lowest BCUT2D eigenvalue weighted by atomic mass is 10.1. The molecule has 0 radical (unpaired) electrons. The fraction of sp³-hybridized carbons (Fsp3) is 0.0769. The monoisotopic (exact) mass is 315 g/mol. The molecule has 0 N–H and O–H groups in total. The first-order valence-electron chi connectivity index (χ1n) is 5.24. The summed E-state index contributed by atoms with van der Waals surface area (Å²) >= 11 is 18.0. The maximum Gasteiger partial charge on any atom is 0.341 e. The van der Waals surface area contributed by atoms with Gasteiger partial charge in [0.2, 0.25) is 0 Å². The number of esters is 1. The number of carbonyl (C=O) groups excluding carboxylic acids is 1. The molecule has 2 aromatic rings. The van der Waals surface area contributed by atoms with Gasteiger partial charge in [0, 0.05) is 5.56 Å². The van der Waals surface area contributed by atoms with Crippen LogP contribution in [0.2, 0.25) is 15.2 Å². The summed E-state index contributed by atoms with van der Waals surface area (Å²) in [6.07, 6.45) is 0. The van der Waals surface area contributed by atoms with Crippen LogP contribution in [-0.4, -0.2) is 18.1 Å². The van der Waals surface area contributed by atoms with Gasteiger partial charge in [0.25, 0.3) is 0 Å². The molecule has 1 heterocycles. The van der Waals surface area contributed by atoms with Crippen LogP contribution in [0, 0.1) is 0 Å². The van der Waals surface area contributed by atoms with E-state index < -0.39 is 5.97 Å². The Morgan fingerprint density at radius 2 is 1.89 bits per heavy atom. The Kier molecular flexibility index (Phi) is 4.30. The van der Waals surface area contributed by atoms with Gasteiger partial charge in [-0.1, -0.05) is 46.9 Å². The van der Waals surface area contributed by atoms with Crippen LogP contribution in [0.4, 0.5) is 0 Å². The van der Waals surface area contributed by atoms with E-state index in [2.05, 4.69) is 9.72 Å². The maximum atomic E-state index is 11.4. The molecule has 1 aromatic carbocycles. The number of halogens is 3. The number of aromatic nitrogens is 1. The van der Waals surface area contributed by atoms with Crippen LogP contribution in [0.3, 0.4) is 0 Å². The van der Waals surface area contributed by atoms with Crippen molar-refractivity contribution in [1.82, 2.24) is 4.98 Å². The van der Waals surface area contributed by atoms with Gasteiger partial charge in [-0.25, -0.2) is 9.78 Å². The average Bonchev–Trinajstić information content (AvgIpc) is 2.41. The van der Waals surface area contributed by atoms with Crippen LogP contribution in [-0.2, 0) is 4.74 Å². The van der Waals surface area contributed by atoms with Crippen molar-refractivity contribution in [1.29, 1.82) is 0 Å². The minimum atomic E-state index is -0.541. The molecule has 1 aromatic heterocycles. The Labute approximate surface area is 125 Å². The highest BCUT2D eigenvalue weighted by molar-refractivity contribution is 6.43. The van der Waals surface area contributed by atoms with Crippen LogP contribution in [0.1, 0.15) is 10.4 Å². The van der Waals surface area contributed by atoms with Gasteiger partial charge in [0.15, 0.2) is 0 Å². The van der Waals surface area contributed by atoms with Crippen molar-refractivity contribution in [2.75, 3.05) is 7.11 Å². The van der Waals surface area contributed by atoms with Crippen molar-refractivity contribution >= 4 is 40.8 Å². The number of rotatable bonds is 2. The van der Waals surface area contributed by atoms with E-state index in [9.17, 15) is 4.79 Å². The number of benzene rings is 1. The fourth-order valence-electron chi connectivity index (χ4n) is 1.55. The van der Waals surface area contributed by atoms with E-state index in [0.29, 0.717) is 21.3 Å². The van der Waals surface area contributed by atoms with Crippen molar-refractivity contribution < 1.29 is 9.53 Å². The van der Waals surface area contributed by atoms with E-state index in [0.717, 1.165) is 0 Å². The van der Waals surface area contributed by atoms with Crippen LogP contribution in [0.5, 0.6) is 0 Å². The third-order valence-electron chi connectivity index (χ3n) is 2.48. The van der Waals surface area contributed by atoms with E-state index in [1.54, 1.807) is 24.3 Å². The van der Waals surface area contributed by atoms with E-state index in [-0.39, 0.29) is 10.7 Å². The summed E-state index contributed by atoms with van der Waals surface area (Å²) in [6, 6.07) is 8.37. The summed E-state index contributed by atoms with van der Waals surface area (Å²) in [4.78, 5) is 15.5. The SMILES string of the molecule is COC(=O)c1ccc(-c2cccc(Cl)c2Cl)nc1Cl. The van der Waals surface area contributed by atoms with Gasteiger partial charge in [-0.3, -0.25) is 0 Å². The minimum absolute atomic E-state index is 0.0559. The minimum Gasteiger partial charge on any atom is -0.465 e. The summed E-state index contributed by atoms with van der Waals surface area (Å²) in [5.74, 6) is -0.541. The molecule has 0 atom stereocenters. The first-order valence-corrected chi connectivity index (χ1v) is 6.37. The van der Waals surface area contributed by atoms with Gasteiger partial charge in [0.1, 0.15) is 5.15 Å². The second kappa shape index (κ2) is 5.78. The van der Waals surface area contributed by atoms with Gasteiger partial charge in [0.05, 0.1) is 28.4 Å². The predicted molar refractivity (Wildman–Crippen MR) is 76.0 cm³/mol. The standard InChI is InChI=1S/C13H8Cl3NO2/c1-19-13(18)8-5-6-10(17-12(8)16)7-3-2-4-9(14)11(7)15/h2-6H,1H3. The van der Waals surface area contributed by atoms with Crippen LogP contribution in [0.25, 0.3) is 11.3 Å². The van der Waals surface area contributed by atoms with Gasteiger partial charge in [-0.2, -0.15) is 0 Å². The maximum absolute atomic E-state index is 11.4. The summed E-state index contributed by atoms with van der Waals surface area (Å²) in [5, 5.41) is 0.869. The molecule has 0 aliphatic heterocycles. The van der Waals surface area contributed by atoms with E-state index in [4.69, 9.17) is 34.8 Å². The highest BCUT2D eigenvalue weighted by Crippen LogP contribution is 2.33.